The average Bonchev–Trinajstić information content (AvgIpc) is 3.19. The molecular weight excluding hydrogens is 290 g/mol. The Bertz CT molecular complexity index is 562. The Kier molecular flexibility index (Phi) is 4.42. The van der Waals surface area contributed by atoms with Crippen LogP contribution in [0.15, 0.2) is 23.2 Å². The van der Waals surface area contributed by atoms with Crippen molar-refractivity contribution in [2.45, 2.75) is 36.7 Å². The number of rotatable bonds is 5. The molecule has 2 fully saturated rings. The Labute approximate surface area is 125 Å². The van der Waals surface area contributed by atoms with E-state index in [0.717, 1.165) is 32.3 Å². The Morgan fingerprint density at radius 2 is 2.10 bits per heavy atom. The third kappa shape index (κ3) is 3.36. The topological polar surface area (TPSA) is 71.5 Å². The summed E-state index contributed by atoms with van der Waals surface area (Å²) in [5, 5.41) is 3.19. The zero-order chi connectivity index (χ0) is 14.7. The molecule has 0 amide bonds. The molecule has 21 heavy (non-hydrogen) atoms. The Morgan fingerprint density at radius 1 is 1.29 bits per heavy atom. The number of sulfonamides is 1. The Hall–Kier alpha value is -1.18. The highest BCUT2D eigenvalue weighted by Gasteiger charge is 2.27. The first-order valence-electron chi connectivity index (χ1n) is 7.48. The fourth-order valence-corrected chi connectivity index (χ4v) is 4.20. The van der Waals surface area contributed by atoms with Crippen molar-refractivity contribution < 1.29 is 13.2 Å². The van der Waals surface area contributed by atoms with E-state index in [4.69, 9.17) is 4.74 Å². The van der Waals surface area contributed by atoms with Gasteiger partial charge in [0.2, 0.25) is 10.0 Å². The number of anilines is 1. The summed E-state index contributed by atoms with van der Waals surface area (Å²) in [7, 11) is -3.37. The lowest BCUT2D eigenvalue weighted by Gasteiger charge is -2.15. The maximum absolute atomic E-state index is 12.4. The summed E-state index contributed by atoms with van der Waals surface area (Å²) >= 11 is 0. The van der Waals surface area contributed by atoms with Crippen molar-refractivity contribution >= 4 is 15.8 Å². The summed E-state index contributed by atoms with van der Waals surface area (Å²) in [6.45, 7) is 2.76. The highest BCUT2D eigenvalue weighted by atomic mass is 32.2. The summed E-state index contributed by atoms with van der Waals surface area (Å²) in [4.78, 5) is 4.48. The number of nitrogens with one attached hydrogen (secondary N) is 1. The minimum absolute atomic E-state index is 0.236. The second-order valence-corrected chi connectivity index (χ2v) is 7.44. The summed E-state index contributed by atoms with van der Waals surface area (Å²) in [6.07, 6.45) is 5.72. The summed E-state index contributed by atoms with van der Waals surface area (Å²) in [6, 6.07) is 3.34. The molecule has 2 aliphatic rings. The predicted molar refractivity (Wildman–Crippen MR) is 79.7 cm³/mol. The van der Waals surface area contributed by atoms with Gasteiger partial charge in [-0.1, -0.05) is 0 Å². The van der Waals surface area contributed by atoms with Crippen molar-refractivity contribution in [1.82, 2.24) is 9.29 Å². The quantitative estimate of drug-likeness (QED) is 0.891. The van der Waals surface area contributed by atoms with Crippen LogP contribution in [-0.4, -0.2) is 50.1 Å². The smallest absolute Gasteiger partial charge is 0.244 e. The average molecular weight is 311 g/mol. The molecule has 0 radical (unpaired) electrons. The molecule has 0 aromatic carbocycles. The Morgan fingerprint density at radius 3 is 2.71 bits per heavy atom. The summed E-state index contributed by atoms with van der Waals surface area (Å²) in [5.74, 6) is 0.686. The van der Waals surface area contributed by atoms with E-state index in [0.29, 0.717) is 25.5 Å². The third-order valence-electron chi connectivity index (χ3n) is 3.97. The van der Waals surface area contributed by atoms with Crippen molar-refractivity contribution in [3.63, 3.8) is 0 Å². The molecule has 2 saturated heterocycles. The van der Waals surface area contributed by atoms with Gasteiger partial charge in [-0.15, -0.1) is 0 Å². The van der Waals surface area contributed by atoms with E-state index in [2.05, 4.69) is 10.3 Å². The van der Waals surface area contributed by atoms with E-state index in [-0.39, 0.29) is 11.0 Å². The highest BCUT2D eigenvalue weighted by molar-refractivity contribution is 7.89. The molecule has 1 aromatic heterocycles. The van der Waals surface area contributed by atoms with Crippen LogP contribution in [0.3, 0.4) is 0 Å². The molecule has 0 bridgehead atoms. The summed E-state index contributed by atoms with van der Waals surface area (Å²) < 4.78 is 31.8. The van der Waals surface area contributed by atoms with Gasteiger partial charge >= 0.3 is 0 Å². The van der Waals surface area contributed by atoms with Crippen LogP contribution in [0.5, 0.6) is 0 Å². The van der Waals surface area contributed by atoms with E-state index in [1.54, 1.807) is 12.1 Å². The SMILES string of the molecule is O=S(=O)(c1ccc(NC[C@H]2CCCO2)nc1)N1CCCC1. The van der Waals surface area contributed by atoms with Crippen LogP contribution in [-0.2, 0) is 14.8 Å². The van der Waals surface area contributed by atoms with Gasteiger partial charge in [-0.05, 0) is 37.8 Å². The van der Waals surface area contributed by atoms with Crippen molar-refractivity contribution in [2.24, 2.45) is 0 Å². The van der Waals surface area contributed by atoms with Crippen LogP contribution < -0.4 is 5.32 Å². The first-order chi connectivity index (χ1) is 10.2. The molecule has 3 rings (SSSR count). The van der Waals surface area contributed by atoms with E-state index in [9.17, 15) is 8.42 Å². The van der Waals surface area contributed by atoms with Crippen molar-refractivity contribution in [1.29, 1.82) is 0 Å². The van der Waals surface area contributed by atoms with Crippen LogP contribution in [0.4, 0.5) is 5.82 Å². The maximum Gasteiger partial charge on any atom is 0.244 e. The molecular formula is C14H21N3O3S. The van der Waals surface area contributed by atoms with Gasteiger partial charge in [0.25, 0.3) is 0 Å². The van der Waals surface area contributed by atoms with Crippen LogP contribution in [0.2, 0.25) is 0 Å². The van der Waals surface area contributed by atoms with Crippen LogP contribution in [0.1, 0.15) is 25.7 Å². The maximum atomic E-state index is 12.4. The number of hydrogen-bond acceptors (Lipinski definition) is 5. The fourth-order valence-electron chi connectivity index (χ4n) is 2.74. The van der Waals surface area contributed by atoms with Gasteiger partial charge < -0.3 is 10.1 Å². The Balaban J connectivity index is 1.63. The van der Waals surface area contributed by atoms with Gasteiger partial charge in [0.1, 0.15) is 10.7 Å². The van der Waals surface area contributed by atoms with Crippen molar-refractivity contribution in [3.05, 3.63) is 18.3 Å². The number of aromatic nitrogens is 1. The fraction of sp³-hybridized carbons (Fsp3) is 0.643. The molecule has 7 heteroatoms. The van der Waals surface area contributed by atoms with E-state index in [1.807, 2.05) is 0 Å². The zero-order valence-electron chi connectivity index (χ0n) is 12.0. The number of nitrogens with zero attached hydrogens (tertiary/aromatic N) is 2. The van der Waals surface area contributed by atoms with Crippen molar-refractivity contribution in [3.8, 4) is 0 Å². The van der Waals surface area contributed by atoms with Gasteiger partial charge in [0.05, 0.1) is 6.10 Å². The zero-order valence-corrected chi connectivity index (χ0v) is 12.8. The molecule has 116 valence electrons. The molecule has 1 N–H and O–H groups in total. The van der Waals surface area contributed by atoms with E-state index in [1.165, 1.54) is 10.5 Å². The molecule has 0 spiro atoms. The van der Waals surface area contributed by atoms with Crippen molar-refractivity contribution in [2.75, 3.05) is 31.6 Å². The number of hydrogen-bond donors (Lipinski definition) is 1. The number of pyridine rings is 1. The second-order valence-electron chi connectivity index (χ2n) is 5.51. The molecule has 0 saturated carbocycles. The molecule has 3 heterocycles. The van der Waals surface area contributed by atoms with Crippen LogP contribution in [0, 0.1) is 0 Å². The van der Waals surface area contributed by atoms with E-state index < -0.39 is 10.0 Å². The first-order valence-corrected chi connectivity index (χ1v) is 8.92. The monoisotopic (exact) mass is 311 g/mol. The van der Waals surface area contributed by atoms with Crippen LogP contribution >= 0.6 is 0 Å². The van der Waals surface area contributed by atoms with Gasteiger partial charge in [-0.2, -0.15) is 4.31 Å². The lowest BCUT2D eigenvalue weighted by Crippen LogP contribution is -2.28. The number of ether oxygens (including phenoxy) is 1. The second kappa shape index (κ2) is 6.29. The normalized spacial score (nSPS) is 23.5. The predicted octanol–water partition coefficient (Wildman–Crippen LogP) is 1.46. The third-order valence-corrected chi connectivity index (χ3v) is 5.86. The molecule has 0 aliphatic carbocycles. The molecule has 6 nitrogen and oxygen atoms in total. The minimum atomic E-state index is -3.37. The van der Waals surface area contributed by atoms with Gasteiger partial charge in [-0.3, -0.25) is 0 Å². The van der Waals surface area contributed by atoms with Gasteiger partial charge in [0.15, 0.2) is 0 Å². The first kappa shape index (κ1) is 14.7. The highest BCUT2D eigenvalue weighted by Crippen LogP contribution is 2.21. The van der Waals surface area contributed by atoms with Gasteiger partial charge in [0, 0.05) is 32.4 Å². The standard InChI is InChI=1S/C14H21N3O3S/c18-21(19,17-7-1-2-8-17)13-5-6-14(16-11-13)15-10-12-4-3-9-20-12/h5-6,11-12H,1-4,7-10H2,(H,15,16)/t12-/m1/s1. The summed E-state index contributed by atoms with van der Waals surface area (Å²) in [5.41, 5.74) is 0. The lowest BCUT2D eigenvalue weighted by molar-refractivity contribution is 0.120. The molecule has 0 unspecified atom stereocenters. The molecule has 2 aliphatic heterocycles. The lowest BCUT2D eigenvalue weighted by atomic mass is 10.2. The van der Waals surface area contributed by atoms with Gasteiger partial charge in [-0.25, -0.2) is 13.4 Å². The molecule has 1 atom stereocenters. The minimum Gasteiger partial charge on any atom is -0.376 e. The largest absolute Gasteiger partial charge is 0.376 e. The van der Waals surface area contributed by atoms with E-state index >= 15 is 0 Å². The van der Waals surface area contributed by atoms with Crippen LogP contribution in [0.25, 0.3) is 0 Å². The molecule has 1 aromatic rings.